The minimum atomic E-state index is 0.693. The van der Waals surface area contributed by atoms with Gasteiger partial charge in [-0.05, 0) is 31.4 Å². The van der Waals surface area contributed by atoms with Crippen LogP contribution in [0.4, 0.5) is 0 Å². The molecule has 0 bridgehead atoms. The Hall–Kier alpha value is -0.190. The Kier molecular flexibility index (Phi) is 7.73. The molecule has 5 heteroatoms. The van der Waals surface area contributed by atoms with Crippen molar-refractivity contribution in [1.29, 1.82) is 0 Å². The van der Waals surface area contributed by atoms with Gasteiger partial charge in [0, 0.05) is 7.05 Å². The quantitative estimate of drug-likeness (QED) is 0.703. The van der Waals surface area contributed by atoms with Crippen molar-refractivity contribution in [2.75, 3.05) is 18.6 Å². The van der Waals surface area contributed by atoms with Gasteiger partial charge in [-0.15, -0.1) is 0 Å². The van der Waals surface area contributed by atoms with E-state index in [1.54, 1.807) is 6.20 Å². The summed E-state index contributed by atoms with van der Waals surface area (Å²) in [5.74, 6) is 2.29. The molecule has 1 heterocycles. The van der Waals surface area contributed by atoms with Gasteiger partial charge < -0.3 is 9.88 Å². The lowest BCUT2D eigenvalue weighted by Gasteiger charge is -2.05. The van der Waals surface area contributed by atoms with Gasteiger partial charge in [0.2, 0.25) is 0 Å². The molecule has 0 aromatic carbocycles. The number of halogens is 1. The molecule has 0 radical (unpaired) electrons. The number of hydrogen-bond donors (Lipinski definition) is 1. The normalized spacial score (nSPS) is 11.0. The van der Waals surface area contributed by atoms with Crippen LogP contribution < -0.4 is 5.32 Å². The maximum absolute atomic E-state index is 5.91. The van der Waals surface area contributed by atoms with Crippen LogP contribution in [0.25, 0.3) is 0 Å². The summed E-state index contributed by atoms with van der Waals surface area (Å²) in [4.78, 5) is 4.24. The summed E-state index contributed by atoms with van der Waals surface area (Å²) >= 11 is 7.84. The van der Waals surface area contributed by atoms with Crippen LogP contribution in [0.15, 0.2) is 6.20 Å². The molecule has 0 spiro atoms. The topological polar surface area (TPSA) is 29.9 Å². The van der Waals surface area contributed by atoms with E-state index in [1.807, 2.05) is 23.4 Å². The highest BCUT2D eigenvalue weighted by Crippen LogP contribution is 2.08. The first kappa shape index (κ1) is 14.9. The van der Waals surface area contributed by atoms with Crippen molar-refractivity contribution < 1.29 is 0 Å². The van der Waals surface area contributed by atoms with Crippen molar-refractivity contribution in [3.63, 3.8) is 0 Å². The number of nitrogens with one attached hydrogen (secondary N) is 1. The molecule has 98 valence electrons. The van der Waals surface area contributed by atoms with Gasteiger partial charge in [0.05, 0.1) is 12.7 Å². The molecule has 0 aliphatic carbocycles. The van der Waals surface area contributed by atoms with Crippen molar-refractivity contribution in [3.05, 3.63) is 17.2 Å². The standard InChI is InChI=1S/C12H22ClN3S/c1-16-11(13)9-15-12(16)10-14-7-5-3-4-6-8-17-2/h9,14H,3-8,10H2,1-2H3. The van der Waals surface area contributed by atoms with E-state index in [2.05, 4.69) is 16.6 Å². The minimum Gasteiger partial charge on any atom is -0.321 e. The third kappa shape index (κ3) is 5.80. The maximum atomic E-state index is 5.91. The zero-order valence-corrected chi connectivity index (χ0v) is 12.3. The molecule has 0 atom stereocenters. The average Bonchev–Trinajstić information content (AvgIpc) is 2.64. The molecule has 0 saturated heterocycles. The monoisotopic (exact) mass is 275 g/mol. The Balaban J connectivity index is 1.99. The van der Waals surface area contributed by atoms with Gasteiger partial charge in [0.15, 0.2) is 0 Å². The molecule has 17 heavy (non-hydrogen) atoms. The fourth-order valence-corrected chi connectivity index (χ4v) is 2.28. The van der Waals surface area contributed by atoms with Crippen molar-refractivity contribution in [2.24, 2.45) is 7.05 Å². The fourth-order valence-electron chi connectivity index (χ4n) is 1.64. The molecule has 1 aromatic heterocycles. The molecule has 1 rings (SSSR count). The Bertz CT molecular complexity index is 315. The Morgan fingerprint density at radius 1 is 1.35 bits per heavy atom. The van der Waals surface area contributed by atoms with Crippen LogP contribution in [0.2, 0.25) is 5.15 Å². The number of unbranched alkanes of at least 4 members (excludes halogenated alkanes) is 3. The summed E-state index contributed by atoms with van der Waals surface area (Å²) in [6, 6.07) is 0. The molecule has 0 fully saturated rings. The van der Waals surface area contributed by atoms with Crippen LogP contribution in [0, 0.1) is 0 Å². The van der Waals surface area contributed by atoms with E-state index in [4.69, 9.17) is 11.6 Å². The summed E-state index contributed by atoms with van der Waals surface area (Å²) in [7, 11) is 1.94. The van der Waals surface area contributed by atoms with E-state index in [1.165, 1.54) is 31.4 Å². The van der Waals surface area contributed by atoms with Crippen LogP contribution >= 0.6 is 23.4 Å². The smallest absolute Gasteiger partial charge is 0.128 e. The van der Waals surface area contributed by atoms with Gasteiger partial charge in [-0.25, -0.2) is 4.98 Å². The minimum absolute atomic E-state index is 0.693. The van der Waals surface area contributed by atoms with Gasteiger partial charge >= 0.3 is 0 Å². The summed E-state index contributed by atoms with van der Waals surface area (Å²) in [6.45, 7) is 1.86. The molecule has 0 saturated carbocycles. The predicted molar refractivity (Wildman–Crippen MR) is 76.8 cm³/mol. The molecule has 3 nitrogen and oxygen atoms in total. The molecule has 0 amide bonds. The maximum Gasteiger partial charge on any atom is 0.128 e. The lowest BCUT2D eigenvalue weighted by atomic mass is 10.2. The molecule has 1 aromatic rings. The number of rotatable bonds is 9. The Morgan fingerprint density at radius 3 is 2.76 bits per heavy atom. The lowest BCUT2D eigenvalue weighted by Crippen LogP contribution is -2.17. The molecular formula is C12H22ClN3S. The Labute approximate surface area is 113 Å². The number of thioether (sulfide) groups is 1. The van der Waals surface area contributed by atoms with Crippen LogP contribution in [0.5, 0.6) is 0 Å². The summed E-state index contributed by atoms with van der Waals surface area (Å²) in [5, 5.41) is 4.09. The molecule has 0 unspecified atom stereocenters. The predicted octanol–water partition coefficient (Wildman–Crippen LogP) is 3.09. The van der Waals surface area contributed by atoms with Crippen molar-refractivity contribution >= 4 is 23.4 Å². The highest BCUT2D eigenvalue weighted by atomic mass is 35.5. The third-order valence-electron chi connectivity index (χ3n) is 2.76. The second-order valence-corrected chi connectivity index (χ2v) is 5.51. The van der Waals surface area contributed by atoms with Gasteiger partial charge in [0.1, 0.15) is 11.0 Å². The van der Waals surface area contributed by atoms with E-state index in [9.17, 15) is 0 Å². The van der Waals surface area contributed by atoms with Crippen LogP contribution in [-0.4, -0.2) is 28.1 Å². The molecule has 0 aliphatic rings. The van der Waals surface area contributed by atoms with E-state index in [0.29, 0.717) is 5.15 Å². The van der Waals surface area contributed by atoms with Crippen LogP contribution in [0.1, 0.15) is 31.5 Å². The highest BCUT2D eigenvalue weighted by Gasteiger charge is 2.02. The summed E-state index contributed by atoms with van der Waals surface area (Å²) < 4.78 is 1.91. The van der Waals surface area contributed by atoms with E-state index in [-0.39, 0.29) is 0 Å². The first-order chi connectivity index (χ1) is 8.25. The van der Waals surface area contributed by atoms with Gasteiger partial charge in [-0.3, -0.25) is 0 Å². The van der Waals surface area contributed by atoms with Gasteiger partial charge in [-0.2, -0.15) is 11.8 Å². The van der Waals surface area contributed by atoms with Gasteiger partial charge in [-0.1, -0.05) is 24.4 Å². The van der Waals surface area contributed by atoms with Crippen LogP contribution in [0.3, 0.4) is 0 Å². The highest BCUT2D eigenvalue weighted by molar-refractivity contribution is 7.98. The third-order valence-corrected chi connectivity index (χ3v) is 3.81. The Morgan fingerprint density at radius 2 is 2.12 bits per heavy atom. The van der Waals surface area contributed by atoms with Crippen molar-refractivity contribution in [1.82, 2.24) is 14.9 Å². The first-order valence-electron chi connectivity index (χ1n) is 6.11. The van der Waals surface area contributed by atoms with E-state index in [0.717, 1.165) is 18.9 Å². The first-order valence-corrected chi connectivity index (χ1v) is 7.88. The second-order valence-electron chi connectivity index (χ2n) is 4.14. The largest absolute Gasteiger partial charge is 0.321 e. The van der Waals surface area contributed by atoms with E-state index < -0.39 is 0 Å². The lowest BCUT2D eigenvalue weighted by molar-refractivity contribution is 0.580. The molecule has 1 N–H and O–H groups in total. The summed E-state index contributed by atoms with van der Waals surface area (Å²) in [6.07, 6.45) is 9.11. The van der Waals surface area contributed by atoms with Crippen molar-refractivity contribution in [3.8, 4) is 0 Å². The van der Waals surface area contributed by atoms with Gasteiger partial charge in [0.25, 0.3) is 0 Å². The second kappa shape index (κ2) is 8.84. The summed E-state index contributed by atoms with van der Waals surface area (Å²) in [5.41, 5.74) is 0. The SMILES string of the molecule is CSCCCCCCNCc1ncc(Cl)n1C. The van der Waals surface area contributed by atoms with Crippen molar-refractivity contribution in [2.45, 2.75) is 32.2 Å². The fraction of sp³-hybridized carbons (Fsp3) is 0.750. The average molecular weight is 276 g/mol. The zero-order valence-electron chi connectivity index (χ0n) is 10.7. The molecule has 0 aliphatic heterocycles. The van der Waals surface area contributed by atoms with E-state index >= 15 is 0 Å². The number of aromatic nitrogens is 2. The number of nitrogens with zero attached hydrogens (tertiary/aromatic N) is 2. The number of imidazole rings is 1. The van der Waals surface area contributed by atoms with Crippen LogP contribution in [-0.2, 0) is 13.6 Å². The number of hydrogen-bond acceptors (Lipinski definition) is 3. The zero-order chi connectivity index (χ0) is 12.5. The molecular weight excluding hydrogens is 254 g/mol.